The molecule has 0 bridgehead atoms. The fourth-order valence-corrected chi connectivity index (χ4v) is 1.74. The van der Waals surface area contributed by atoms with Crippen LogP contribution in [0.25, 0.3) is 10.9 Å². The SMILES string of the molecule is O=C(O)COCCNc1ccc2cc([N+](=O)[O-])ccc2n1. The number of nitrogens with one attached hydrogen (secondary N) is 1. The quantitative estimate of drug-likeness (QED) is 0.453. The van der Waals surface area contributed by atoms with Gasteiger partial charge in [-0.25, -0.2) is 9.78 Å². The van der Waals surface area contributed by atoms with Gasteiger partial charge in [0, 0.05) is 24.1 Å². The van der Waals surface area contributed by atoms with Crippen LogP contribution in [0.2, 0.25) is 0 Å². The molecule has 0 saturated carbocycles. The molecule has 110 valence electrons. The minimum absolute atomic E-state index is 0.0204. The van der Waals surface area contributed by atoms with Crippen molar-refractivity contribution in [3.05, 3.63) is 40.4 Å². The zero-order valence-electron chi connectivity index (χ0n) is 11.0. The van der Waals surface area contributed by atoms with Gasteiger partial charge in [-0.05, 0) is 18.2 Å². The third kappa shape index (κ3) is 4.11. The van der Waals surface area contributed by atoms with Gasteiger partial charge in [0.2, 0.25) is 0 Å². The summed E-state index contributed by atoms with van der Waals surface area (Å²) in [6, 6.07) is 7.87. The molecule has 8 nitrogen and oxygen atoms in total. The average molecular weight is 291 g/mol. The highest BCUT2D eigenvalue weighted by molar-refractivity contribution is 5.82. The topological polar surface area (TPSA) is 115 Å². The summed E-state index contributed by atoms with van der Waals surface area (Å²) in [5.74, 6) is -0.421. The molecular weight excluding hydrogens is 278 g/mol. The standard InChI is InChI=1S/C13H13N3O5/c17-13(18)8-21-6-5-14-12-4-1-9-7-10(16(19)20)2-3-11(9)15-12/h1-4,7H,5-6,8H2,(H,14,15)(H,17,18). The lowest BCUT2D eigenvalue weighted by atomic mass is 10.2. The number of fused-ring (bicyclic) bond motifs is 1. The monoisotopic (exact) mass is 291 g/mol. The number of aromatic nitrogens is 1. The Balaban J connectivity index is 1.97. The first-order valence-corrected chi connectivity index (χ1v) is 6.15. The molecule has 0 spiro atoms. The van der Waals surface area contributed by atoms with Crippen LogP contribution >= 0.6 is 0 Å². The number of hydrogen-bond acceptors (Lipinski definition) is 6. The van der Waals surface area contributed by atoms with Crippen molar-refractivity contribution < 1.29 is 19.6 Å². The second-order valence-corrected chi connectivity index (χ2v) is 4.20. The summed E-state index contributed by atoms with van der Waals surface area (Å²) in [6.07, 6.45) is 0. The van der Waals surface area contributed by atoms with Crippen LogP contribution in [0.15, 0.2) is 30.3 Å². The number of pyridine rings is 1. The normalized spacial score (nSPS) is 10.5. The van der Waals surface area contributed by atoms with E-state index in [0.29, 0.717) is 23.3 Å². The number of nitro benzene ring substituents is 1. The second kappa shape index (κ2) is 6.62. The molecule has 2 N–H and O–H groups in total. The Labute approximate surface area is 119 Å². The Bertz CT molecular complexity index is 674. The van der Waals surface area contributed by atoms with Crippen LogP contribution in [0, 0.1) is 10.1 Å². The summed E-state index contributed by atoms with van der Waals surface area (Å²) in [6.45, 7) is 0.321. The summed E-state index contributed by atoms with van der Waals surface area (Å²) in [5, 5.41) is 22.7. The minimum Gasteiger partial charge on any atom is -0.480 e. The van der Waals surface area contributed by atoms with Crippen molar-refractivity contribution in [3.8, 4) is 0 Å². The van der Waals surface area contributed by atoms with E-state index in [9.17, 15) is 14.9 Å². The summed E-state index contributed by atoms with van der Waals surface area (Å²) in [5.41, 5.74) is 0.657. The molecule has 2 aromatic rings. The zero-order chi connectivity index (χ0) is 15.2. The smallest absolute Gasteiger partial charge is 0.329 e. The van der Waals surface area contributed by atoms with E-state index < -0.39 is 10.9 Å². The van der Waals surface area contributed by atoms with Gasteiger partial charge < -0.3 is 15.2 Å². The van der Waals surface area contributed by atoms with Crippen LogP contribution in [0.3, 0.4) is 0 Å². The van der Waals surface area contributed by atoms with Crippen molar-refractivity contribution in [2.75, 3.05) is 25.1 Å². The molecule has 0 aliphatic rings. The summed E-state index contributed by atoms with van der Waals surface area (Å²) in [7, 11) is 0. The first-order chi connectivity index (χ1) is 10.1. The predicted molar refractivity (Wildman–Crippen MR) is 75.3 cm³/mol. The molecule has 0 aliphatic heterocycles. The molecule has 2 rings (SSSR count). The van der Waals surface area contributed by atoms with Crippen molar-refractivity contribution in [3.63, 3.8) is 0 Å². The number of ether oxygens (including phenoxy) is 1. The molecular formula is C13H13N3O5. The highest BCUT2D eigenvalue weighted by atomic mass is 16.6. The number of nitrogens with zero attached hydrogens (tertiary/aromatic N) is 2. The lowest BCUT2D eigenvalue weighted by Gasteiger charge is -2.06. The first-order valence-electron chi connectivity index (χ1n) is 6.15. The van der Waals surface area contributed by atoms with Gasteiger partial charge in [0.25, 0.3) is 5.69 Å². The highest BCUT2D eigenvalue weighted by Gasteiger charge is 2.07. The molecule has 0 amide bonds. The van der Waals surface area contributed by atoms with Crippen LogP contribution in [-0.4, -0.2) is 40.7 Å². The molecule has 0 radical (unpaired) electrons. The van der Waals surface area contributed by atoms with E-state index in [1.807, 2.05) is 0 Å². The maximum atomic E-state index is 10.7. The zero-order valence-corrected chi connectivity index (χ0v) is 11.0. The molecule has 1 heterocycles. The summed E-state index contributed by atoms with van der Waals surface area (Å²) in [4.78, 5) is 24.8. The van der Waals surface area contributed by atoms with E-state index in [2.05, 4.69) is 10.3 Å². The number of nitro groups is 1. The van der Waals surface area contributed by atoms with Crippen molar-refractivity contribution in [2.45, 2.75) is 0 Å². The minimum atomic E-state index is -1.01. The van der Waals surface area contributed by atoms with Gasteiger partial charge >= 0.3 is 5.97 Å². The van der Waals surface area contributed by atoms with Crippen LogP contribution < -0.4 is 5.32 Å². The van der Waals surface area contributed by atoms with Gasteiger partial charge in [0.05, 0.1) is 17.0 Å². The fraction of sp³-hybridized carbons (Fsp3) is 0.231. The van der Waals surface area contributed by atoms with Crippen molar-refractivity contribution in [2.24, 2.45) is 0 Å². The van der Waals surface area contributed by atoms with Crippen LogP contribution in [0.1, 0.15) is 0 Å². The van der Waals surface area contributed by atoms with Gasteiger partial charge in [0.1, 0.15) is 12.4 Å². The number of carbonyl (C=O) groups is 1. The van der Waals surface area contributed by atoms with E-state index in [4.69, 9.17) is 9.84 Å². The number of aliphatic carboxylic acids is 1. The van der Waals surface area contributed by atoms with E-state index in [1.54, 1.807) is 18.2 Å². The van der Waals surface area contributed by atoms with Gasteiger partial charge in [-0.1, -0.05) is 0 Å². The highest BCUT2D eigenvalue weighted by Crippen LogP contribution is 2.20. The van der Waals surface area contributed by atoms with Gasteiger partial charge in [-0.15, -0.1) is 0 Å². The largest absolute Gasteiger partial charge is 0.480 e. The Morgan fingerprint density at radius 2 is 2.19 bits per heavy atom. The lowest BCUT2D eigenvalue weighted by Crippen LogP contribution is -2.14. The van der Waals surface area contributed by atoms with Crippen LogP contribution in [0.4, 0.5) is 11.5 Å². The van der Waals surface area contributed by atoms with Gasteiger partial charge in [-0.3, -0.25) is 10.1 Å². The Kier molecular flexibility index (Phi) is 4.62. The van der Waals surface area contributed by atoms with E-state index in [1.165, 1.54) is 12.1 Å². The first kappa shape index (κ1) is 14.7. The summed E-state index contributed by atoms with van der Waals surface area (Å²) < 4.78 is 4.88. The van der Waals surface area contributed by atoms with E-state index in [-0.39, 0.29) is 18.9 Å². The number of anilines is 1. The van der Waals surface area contributed by atoms with Gasteiger partial charge in [-0.2, -0.15) is 0 Å². The molecule has 21 heavy (non-hydrogen) atoms. The van der Waals surface area contributed by atoms with Crippen LogP contribution in [0.5, 0.6) is 0 Å². The molecule has 0 atom stereocenters. The Morgan fingerprint density at radius 1 is 1.38 bits per heavy atom. The predicted octanol–water partition coefficient (Wildman–Crippen LogP) is 1.66. The maximum Gasteiger partial charge on any atom is 0.329 e. The summed E-state index contributed by atoms with van der Waals surface area (Å²) >= 11 is 0. The van der Waals surface area contributed by atoms with Crippen molar-refractivity contribution in [1.82, 2.24) is 4.98 Å². The third-order valence-corrected chi connectivity index (χ3v) is 2.66. The number of hydrogen-bond donors (Lipinski definition) is 2. The number of carboxylic acids is 1. The van der Waals surface area contributed by atoms with Crippen molar-refractivity contribution in [1.29, 1.82) is 0 Å². The average Bonchev–Trinajstić information content (AvgIpc) is 2.45. The molecule has 0 fully saturated rings. The molecule has 0 aliphatic carbocycles. The number of non-ortho nitro benzene ring substituents is 1. The molecule has 0 saturated heterocycles. The number of benzene rings is 1. The van der Waals surface area contributed by atoms with Crippen molar-refractivity contribution >= 4 is 28.4 Å². The maximum absolute atomic E-state index is 10.7. The van der Waals surface area contributed by atoms with E-state index in [0.717, 1.165) is 0 Å². The lowest BCUT2D eigenvalue weighted by molar-refractivity contribution is -0.384. The van der Waals surface area contributed by atoms with Gasteiger partial charge in [0.15, 0.2) is 0 Å². The Morgan fingerprint density at radius 3 is 2.90 bits per heavy atom. The van der Waals surface area contributed by atoms with E-state index >= 15 is 0 Å². The number of carboxylic acid groups (broad SMARTS) is 1. The number of rotatable bonds is 7. The fourth-order valence-electron chi connectivity index (χ4n) is 1.74. The third-order valence-electron chi connectivity index (χ3n) is 2.66. The molecule has 8 heteroatoms. The van der Waals surface area contributed by atoms with Crippen LogP contribution in [-0.2, 0) is 9.53 Å². The molecule has 1 aromatic carbocycles. The molecule has 1 aromatic heterocycles. The molecule has 0 unspecified atom stereocenters. The Hall–Kier alpha value is -2.74. The second-order valence-electron chi connectivity index (χ2n) is 4.20.